The number of rotatable bonds is 10. The molecular weight excluding hydrogens is 314 g/mol. The third-order valence-corrected chi connectivity index (χ3v) is 4.08. The summed E-state index contributed by atoms with van der Waals surface area (Å²) >= 11 is 0. The van der Waals surface area contributed by atoms with Gasteiger partial charge in [-0.1, -0.05) is 31.5 Å². The fourth-order valence-corrected chi connectivity index (χ4v) is 2.75. The van der Waals surface area contributed by atoms with Crippen molar-refractivity contribution in [3.63, 3.8) is 0 Å². The van der Waals surface area contributed by atoms with E-state index in [1.807, 2.05) is 48.5 Å². The Morgan fingerprint density at radius 1 is 1.16 bits per heavy atom. The van der Waals surface area contributed by atoms with Crippen LogP contribution in [0.1, 0.15) is 26.7 Å². The number of hydrogen-bond donors (Lipinski definition) is 1. The highest BCUT2D eigenvalue weighted by molar-refractivity contribution is 5.62. The first-order valence-corrected chi connectivity index (χ1v) is 8.73. The molecular formula is C20H28N3O2+. The molecule has 0 radical (unpaired) electrons. The predicted molar refractivity (Wildman–Crippen MR) is 101 cm³/mol. The third kappa shape index (κ3) is 5.29. The Balaban J connectivity index is 2.32. The molecule has 25 heavy (non-hydrogen) atoms. The molecule has 0 saturated heterocycles. The van der Waals surface area contributed by atoms with Crippen molar-refractivity contribution in [1.82, 2.24) is 0 Å². The standard InChI is InChI=1S/C20H27N3O2/c1-4-5-13-23(16(2)15-24-3)17-11-12-19(22-21)20(14-17)25-18-9-7-6-8-10-18/h6-12,14,16,21H,4-5,13,15H2,1-3H3/p+1. The van der Waals surface area contributed by atoms with Gasteiger partial charge in [0.2, 0.25) is 0 Å². The number of benzene rings is 2. The Hall–Kier alpha value is -2.40. The van der Waals surface area contributed by atoms with Gasteiger partial charge in [0.05, 0.1) is 6.61 Å². The number of nitrogens with two attached hydrogens (primary N) is 1. The first kappa shape index (κ1) is 18.9. The second-order valence-electron chi connectivity index (χ2n) is 6.05. The van der Waals surface area contributed by atoms with E-state index in [0.29, 0.717) is 18.0 Å². The largest absolute Gasteiger partial charge is 0.455 e. The van der Waals surface area contributed by atoms with Gasteiger partial charge in [-0.2, -0.15) is 5.53 Å². The summed E-state index contributed by atoms with van der Waals surface area (Å²) in [6.07, 6.45) is 2.26. The minimum atomic E-state index is 0.266. The van der Waals surface area contributed by atoms with Crippen molar-refractivity contribution in [2.24, 2.45) is 5.11 Å². The molecule has 0 spiro atoms. The van der Waals surface area contributed by atoms with Gasteiger partial charge in [0.1, 0.15) is 5.75 Å². The summed E-state index contributed by atoms with van der Waals surface area (Å²) in [5, 5.41) is 3.84. The summed E-state index contributed by atoms with van der Waals surface area (Å²) in [6.45, 7) is 5.99. The first-order chi connectivity index (χ1) is 12.2. The average Bonchev–Trinajstić information content (AvgIpc) is 2.63. The second kappa shape index (κ2) is 9.79. The normalized spacial score (nSPS) is 11.8. The first-order valence-electron chi connectivity index (χ1n) is 8.73. The Morgan fingerprint density at radius 2 is 1.92 bits per heavy atom. The molecule has 0 aliphatic carbocycles. The molecule has 0 bridgehead atoms. The van der Waals surface area contributed by atoms with Gasteiger partial charge in [0.15, 0.2) is 11.4 Å². The lowest BCUT2D eigenvalue weighted by atomic mass is 10.1. The molecule has 1 unspecified atom stereocenters. The van der Waals surface area contributed by atoms with E-state index in [9.17, 15) is 0 Å². The molecule has 0 aliphatic rings. The van der Waals surface area contributed by atoms with Crippen LogP contribution in [-0.4, -0.2) is 26.3 Å². The van der Waals surface area contributed by atoms with Gasteiger partial charge >= 0.3 is 0 Å². The van der Waals surface area contributed by atoms with Gasteiger partial charge in [-0.15, -0.1) is 0 Å². The SMILES string of the molecule is CCCCN(c1ccc(N=[NH2+])c(Oc2ccccc2)c1)C(C)COC. The van der Waals surface area contributed by atoms with Crippen LogP contribution in [0.4, 0.5) is 11.4 Å². The summed E-state index contributed by atoms with van der Waals surface area (Å²) in [5.74, 6) is 1.41. The van der Waals surface area contributed by atoms with Crippen LogP contribution >= 0.6 is 0 Å². The Morgan fingerprint density at radius 3 is 2.56 bits per heavy atom. The highest BCUT2D eigenvalue weighted by atomic mass is 16.5. The number of ether oxygens (including phenoxy) is 2. The molecule has 2 N–H and O–H groups in total. The number of anilines is 1. The van der Waals surface area contributed by atoms with Crippen molar-refractivity contribution in [3.05, 3.63) is 48.5 Å². The number of nitrogens with zero attached hydrogens (tertiary/aromatic N) is 2. The van der Waals surface area contributed by atoms with E-state index in [4.69, 9.17) is 15.0 Å². The van der Waals surface area contributed by atoms with Gasteiger partial charge in [-0.3, -0.25) is 0 Å². The molecule has 5 heteroatoms. The quantitative estimate of drug-likeness (QED) is 0.665. The van der Waals surface area contributed by atoms with Crippen LogP contribution < -0.4 is 15.2 Å². The predicted octanol–water partition coefficient (Wildman–Crippen LogP) is 3.96. The van der Waals surface area contributed by atoms with E-state index >= 15 is 0 Å². The van der Waals surface area contributed by atoms with Crippen LogP contribution in [0.15, 0.2) is 53.6 Å². The third-order valence-electron chi connectivity index (χ3n) is 4.08. The topological polar surface area (TPSA) is 59.7 Å². The molecule has 5 nitrogen and oxygen atoms in total. The van der Waals surface area contributed by atoms with Gasteiger partial charge in [0.25, 0.3) is 0 Å². The molecule has 0 aromatic heterocycles. The van der Waals surface area contributed by atoms with Crippen LogP contribution in [-0.2, 0) is 4.74 Å². The van der Waals surface area contributed by atoms with Gasteiger partial charge < -0.3 is 14.4 Å². The second-order valence-corrected chi connectivity index (χ2v) is 6.05. The van der Waals surface area contributed by atoms with Crippen molar-refractivity contribution in [1.29, 1.82) is 0 Å². The van der Waals surface area contributed by atoms with Crippen molar-refractivity contribution < 1.29 is 15.0 Å². The van der Waals surface area contributed by atoms with E-state index in [0.717, 1.165) is 30.8 Å². The zero-order valence-electron chi connectivity index (χ0n) is 15.3. The lowest BCUT2D eigenvalue weighted by Crippen LogP contribution is -2.37. The summed E-state index contributed by atoms with van der Waals surface area (Å²) in [7, 11) is 1.73. The fraction of sp³-hybridized carbons (Fsp3) is 0.400. The van der Waals surface area contributed by atoms with Crippen LogP contribution in [0.2, 0.25) is 0 Å². The molecule has 2 rings (SSSR count). The van der Waals surface area contributed by atoms with Crippen LogP contribution in [0.25, 0.3) is 0 Å². The molecule has 2 aromatic carbocycles. The summed E-state index contributed by atoms with van der Waals surface area (Å²) in [6, 6.07) is 15.8. The Kier molecular flexibility index (Phi) is 7.41. The molecule has 1 atom stereocenters. The number of methoxy groups -OCH3 is 1. The lowest BCUT2D eigenvalue weighted by molar-refractivity contribution is -0.210. The summed E-state index contributed by atoms with van der Waals surface area (Å²) < 4.78 is 11.3. The van der Waals surface area contributed by atoms with E-state index in [1.54, 1.807) is 7.11 Å². The van der Waals surface area contributed by atoms with Crippen molar-refractivity contribution >= 4 is 11.4 Å². The fourth-order valence-electron chi connectivity index (χ4n) is 2.75. The monoisotopic (exact) mass is 342 g/mol. The molecule has 2 aromatic rings. The smallest absolute Gasteiger partial charge is 0.172 e. The van der Waals surface area contributed by atoms with Crippen molar-refractivity contribution in [2.75, 3.05) is 25.2 Å². The van der Waals surface area contributed by atoms with Crippen molar-refractivity contribution in [3.8, 4) is 11.5 Å². The van der Waals surface area contributed by atoms with Crippen molar-refractivity contribution in [2.45, 2.75) is 32.7 Å². The van der Waals surface area contributed by atoms with E-state index in [1.165, 1.54) is 0 Å². The summed E-state index contributed by atoms with van der Waals surface area (Å²) in [5.41, 5.74) is 7.24. The zero-order valence-corrected chi connectivity index (χ0v) is 15.3. The Bertz CT molecular complexity index is 661. The van der Waals surface area contributed by atoms with E-state index < -0.39 is 0 Å². The van der Waals surface area contributed by atoms with Gasteiger partial charge in [-0.05, 0) is 42.7 Å². The molecule has 134 valence electrons. The number of para-hydroxylation sites is 1. The maximum absolute atomic E-state index is 6.00. The maximum Gasteiger partial charge on any atom is 0.172 e. The van der Waals surface area contributed by atoms with E-state index in [-0.39, 0.29) is 6.04 Å². The van der Waals surface area contributed by atoms with Gasteiger partial charge in [0, 0.05) is 31.5 Å². The minimum absolute atomic E-state index is 0.266. The molecule has 0 aliphatic heterocycles. The molecule has 0 heterocycles. The molecule has 0 saturated carbocycles. The Labute approximate surface area is 150 Å². The van der Waals surface area contributed by atoms with Crippen LogP contribution in [0, 0.1) is 0 Å². The summed E-state index contributed by atoms with van der Waals surface area (Å²) in [4.78, 5) is 2.34. The van der Waals surface area contributed by atoms with Crippen LogP contribution in [0.3, 0.4) is 0 Å². The van der Waals surface area contributed by atoms with Crippen LogP contribution in [0.5, 0.6) is 11.5 Å². The minimum Gasteiger partial charge on any atom is -0.455 e. The molecule has 0 amide bonds. The average molecular weight is 342 g/mol. The number of hydrogen-bond acceptors (Lipinski definition) is 4. The lowest BCUT2D eigenvalue weighted by Gasteiger charge is -2.31. The zero-order chi connectivity index (χ0) is 18.1. The molecule has 0 fully saturated rings. The maximum atomic E-state index is 6.00. The van der Waals surface area contributed by atoms with E-state index in [2.05, 4.69) is 23.9 Å². The number of unbranched alkanes of at least 4 members (excludes halogenated alkanes) is 1. The van der Waals surface area contributed by atoms with Gasteiger partial charge in [-0.25, -0.2) is 0 Å². The highest BCUT2D eigenvalue weighted by Crippen LogP contribution is 2.35. The highest BCUT2D eigenvalue weighted by Gasteiger charge is 2.17.